The van der Waals surface area contributed by atoms with Gasteiger partial charge in [-0.25, -0.2) is 8.42 Å². The van der Waals surface area contributed by atoms with Gasteiger partial charge in [0.05, 0.1) is 9.82 Å². The molecule has 0 spiro atoms. The van der Waals surface area contributed by atoms with E-state index < -0.39 is 14.9 Å². The van der Waals surface area contributed by atoms with Crippen LogP contribution < -0.4 is 10.2 Å². The molecule has 1 fully saturated rings. The van der Waals surface area contributed by atoms with Crippen LogP contribution in [0.4, 0.5) is 22.7 Å². The fourth-order valence-electron chi connectivity index (χ4n) is 3.70. The minimum absolute atomic E-state index is 0.0156. The molecule has 1 heterocycles. The second kappa shape index (κ2) is 8.97. The van der Waals surface area contributed by atoms with E-state index in [2.05, 4.69) is 5.32 Å². The molecule has 0 unspecified atom stereocenters. The van der Waals surface area contributed by atoms with Crippen LogP contribution in [0.25, 0.3) is 0 Å². The summed E-state index contributed by atoms with van der Waals surface area (Å²) in [6, 6.07) is 21.0. The minimum Gasteiger partial charge on any atom is -0.369 e. The second-order valence-electron chi connectivity index (χ2n) is 7.65. The van der Waals surface area contributed by atoms with E-state index in [9.17, 15) is 18.5 Å². The Bertz CT molecular complexity index is 1210. The minimum atomic E-state index is -3.55. The summed E-state index contributed by atoms with van der Waals surface area (Å²) in [6.45, 7) is 3.59. The number of nitro benzene ring substituents is 1. The van der Waals surface area contributed by atoms with Crippen molar-refractivity contribution < 1.29 is 13.3 Å². The number of nitro groups is 1. The third kappa shape index (κ3) is 4.58. The van der Waals surface area contributed by atoms with Gasteiger partial charge < -0.3 is 10.2 Å². The molecule has 0 saturated carbocycles. The first-order valence-corrected chi connectivity index (χ1v) is 11.7. The van der Waals surface area contributed by atoms with Gasteiger partial charge in [0.2, 0.25) is 10.0 Å². The number of rotatable bonds is 6. The normalized spacial score (nSPS) is 14.8. The summed E-state index contributed by atoms with van der Waals surface area (Å²) in [5, 5.41) is 14.6. The molecule has 1 saturated heterocycles. The fraction of sp³-hybridized carbons (Fsp3) is 0.217. The van der Waals surface area contributed by atoms with Crippen molar-refractivity contribution in [1.82, 2.24) is 4.31 Å². The van der Waals surface area contributed by atoms with Crippen molar-refractivity contribution in [2.24, 2.45) is 0 Å². The van der Waals surface area contributed by atoms with E-state index in [0.717, 1.165) is 16.9 Å². The standard InChI is InChI=1S/C23H24N4O4S/c1-18-7-10-21(11-8-18)32(30,31)26-15-13-25(14-16-26)20-9-12-23(27(28)29)22(17-20)24-19-5-3-2-4-6-19/h2-12,17,24H,13-16H2,1H3. The number of hydrogen-bond donors (Lipinski definition) is 1. The molecule has 8 nitrogen and oxygen atoms in total. The summed E-state index contributed by atoms with van der Waals surface area (Å²) >= 11 is 0. The summed E-state index contributed by atoms with van der Waals surface area (Å²) < 4.78 is 27.4. The van der Waals surface area contributed by atoms with Gasteiger partial charge in [-0.3, -0.25) is 10.1 Å². The molecule has 1 N–H and O–H groups in total. The SMILES string of the molecule is Cc1ccc(S(=O)(=O)N2CCN(c3ccc([N+](=O)[O-])c(Nc4ccccc4)c3)CC2)cc1. The number of para-hydroxylation sites is 1. The van der Waals surface area contributed by atoms with Crippen LogP contribution in [0.15, 0.2) is 77.7 Å². The van der Waals surface area contributed by atoms with E-state index in [1.165, 1.54) is 10.4 Å². The van der Waals surface area contributed by atoms with Crippen molar-refractivity contribution in [3.8, 4) is 0 Å². The van der Waals surface area contributed by atoms with Crippen LogP contribution in [0, 0.1) is 17.0 Å². The molecule has 166 valence electrons. The van der Waals surface area contributed by atoms with Crippen LogP contribution >= 0.6 is 0 Å². The fourth-order valence-corrected chi connectivity index (χ4v) is 5.13. The highest BCUT2D eigenvalue weighted by molar-refractivity contribution is 7.89. The quantitative estimate of drug-likeness (QED) is 0.446. The predicted molar refractivity (Wildman–Crippen MR) is 125 cm³/mol. The van der Waals surface area contributed by atoms with Crippen LogP contribution in [0.3, 0.4) is 0 Å². The Labute approximate surface area is 187 Å². The Morgan fingerprint density at radius 2 is 1.56 bits per heavy atom. The van der Waals surface area contributed by atoms with Gasteiger partial charge >= 0.3 is 0 Å². The summed E-state index contributed by atoms with van der Waals surface area (Å²) in [4.78, 5) is 13.4. The molecule has 32 heavy (non-hydrogen) atoms. The number of benzene rings is 3. The number of piperazine rings is 1. The number of anilines is 3. The first-order valence-electron chi connectivity index (χ1n) is 10.3. The van der Waals surface area contributed by atoms with E-state index in [1.807, 2.05) is 42.2 Å². The van der Waals surface area contributed by atoms with Crippen molar-refractivity contribution in [2.45, 2.75) is 11.8 Å². The average Bonchev–Trinajstić information content (AvgIpc) is 2.80. The Morgan fingerprint density at radius 1 is 0.906 bits per heavy atom. The van der Waals surface area contributed by atoms with E-state index in [4.69, 9.17) is 0 Å². The third-order valence-corrected chi connectivity index (χ3v) is 7.41. The van der Waals surface area contributed by atoms with Gasteiger partial charge in [0, 0.05) is 43.6 Å². The lowest BCUT2D eigenvalue weighted by atomic mass is 10.2. The zero-order valence-electron chi connectivity index (χ0n) is 17.6. The molecule has 3 aromatic rings. The van der Waals surface area contributed by atoms with Crippen LogP contribution in [-0.4, -0.2) is 43.8 Å². The zero-order chi connectivity index (χ0) is 22.7. The third-order valence-electron chi connectivity index (χ3n) is 5.49. The second-order valence-corrected chi connectivity index (χ2v) is 9.59. The van der Waals surface area contributed by atoms with E-state index in [1.54, 1.807) is 36.4 Å². The largest absolute Gasteiger partial charge is 0.369 e. The molecule has 0 bridgehead atoms. The lowest BCUT2D eigenvalue weighted by Crippen LogP contribution is -2.48. The predicted octanol–water partition coefficient (Wildman–Crippen LogP) is 4.16. The highest BCUT2D eigenvalue weighted by Crippen LogP contribution is 2.32. The molecule has 0 aliphatic carbocycles. The van der Waals surface area contributed by atoms with E-state index in [-0.39, 0.29) is 5.69 Å². The maximum atomic E-state index is 12.9. The highest BCUT2D eigenvalue weighted by atomic mass is 32.2. The molecule has 3 aromatic carbocycles. The van der Waals surface area contributed by atoms with Crippen LogP contribution in [-0.2, 0) is 10.0 Å². The molecule has 9 heteroatoms. The number of aryl methyl sites for hydroxylation is 1. The highest BCUT2D eigenvalue weighted by Gasteiger charge is 2.29. The molecule has 0 aromatic heterocycles. The van der Waals surface area contributed by atoms with Gasteiger partial charge in [0.1, 0.15) is 5.69 Å². The summed E-state index contributed by atoms with van der Waals surface area (Å²) in [5.41, 5.74) is 2.95. The first-order chi connectivity index (χ1) is 15.3. The molecule has 0 radical (unpaired) electrons. The Hall–Kier alpha value is -3.43. The molecule has 0 atom stereocenters. The molecule has 1 aliphatic heterocycles. The number of hydrogen-bond acceptors (Lipinski definition) is 6. The monoisotopic (exact) mass is 452 g/mol. The van der Waals surface area contributed by atoms with E-state index in [0.29, 0.717) is 36.8 Å². The topological polar surface area (TPSA) is 95.8 Å². The van der Waals surface area contributed by atoms with Crippen molar-refractivity contribution >= 4 is 32.8 Å². The molecular formula is C23H24N4O4S. The zero-order valence-corrected chi connectivity index (χ0v) is 18.5. The van der Waals surface area contributed by atoms with Gasteiger partial charge in [-0.05, 0) is 43.3 Å². The number of nitrogens with one attached hydrogen (secondary N) is 1. The van der Waals surface area contributed by atoms with Gasteiger partial charge in [-0.2, -0.15) is 4.31 Å². The Balaban J connectivity index is 1.51. The van der Waals surface area contributed by atoms with Crippen molar-refractivity contribution in [3.63, 3.8) is 0 Å². The molecule has 4 rings (SSSR count). The Kier molecular flexibility index (Phi) is 6.11. The Morgan fingerprint density at radius 3 is 2.19 bits per heavy atom. The van der Waals surface area contributed by atoms with Crippen molar-refractivity contribution in [1.29, 1.82) is 0 Å². The maximum Gasteiger partial charge on any atom is 0.292 e. The van der Waals surface area contributed by atoms with Crippen molar-refractivity contribution in [3.05, 3.63) is 88.5 Å². The molecular weight excluding hydrogens is 428 g/mol. The van der Waals surface area contributed by atoms with Crippen LogP contribution in [0.5, 0.6) is 0 Å². The van der Waals surface area contributed by atoms with Crippen LogP contribution in [0.2, 0.25) is 0 Å². The maximum absolute atomic E-state index is 12.9. The lowest BCUT2D eigenvalue weighted by molar-refractivity contribution is -0.383. The average molecular weight is 453 g/mol. The van der Waals surface area contributed by atoms with Gasteiger partial charge in [-0.1, -0.05) is 35.9 Å². The summed E-state index contributed by atoms with van der Waals surface area (Å²) in [5.74, 6) is 0. The summed E-state index contributed by atoms with van der Waals surface area (Å²) in [6.07, 6.45) is 0. The lowest BCUT2D eigenvalue weighted by Gasteiger charge is -2.35. The number of sulfonamides is 1. The molecule has 0 amide bonds. The van der Waals surface area contributed by atoms with Crippen molar-refractivity contribution in [2.75, 3.05) is 36.4 Å². The van der Waals surface area contributed by atoms with Gasteiger partial charge in [0.25, 0.3) is 5.69 Å². The van der Waals surface area contributed by atoms with Gasteiger partial charge in [0.15, 0.2) is 0 Å². The first kappa shape index (κ1) is 21.8. The number of nitrogens with zero attached hydrogens (tertiary/aromatic N) is 3. The smallest absolute Gasteiger partial charge is 0.292 e. The van der Waals surface area contributed by atoms with Crippen LogP contribution in [0.1, 0.15) is 5.56 Å². The van der Waals surface area contributed by atoms with E-state index >= 15 is 0 Å². The summed E-state index contributed by atoms with van der Waals surface area (Å²) in [7, 11) is -3.55. The molecule has 1 aliphatic rings. The van der Waals surface area contributed by atoms with Gasteiger partial charge in [-0.15, -0.1) is 0 Å².